The summed E-state index contributed by atoms with van der Waals surface area (Å²) in [6.45, 7) is 6.58. The van der Waals surface area contributed by atoms with Crippen LogP contribution in [0.2, 0.25) is 0 Å². The van der Waals surface area contributed by atoms with Crippen molar-refractivity contribution in [1.82, 2.24) is 4.90 Å². The number of rotatable bonds is 3. The maximum Gasteiger partial charge on any atom is 0.0234 e. The first kappa shape index (κ1) is 10.3. The van der Waals surface area contributed by atoms with Crippen LogP contribution in [0, 0.1) is 18.3 Å². The van der Waals surface area contributed by atoms with Crippen LogP contribution in [0.25, 0.3) is 0 Å². The van der Waals surface area contributed by atoms with E-state index in [2.05, 4.69) is 36.1 Å². The van der Waals surface area contributed by atoms with Crippen molar-refractivity contribution in [1.29, 1.82) is 0 Å². The quantitative estimate of drug-likeness (QED) is 0.834. The van der Waals surface area contributed by atoms with Gasteiger partial charge < -0.3 is 5.73 Å². The summed E-state index contributed by atoms with van der Waals surface area (Å²) < 4.78 is 0. The van der Waals surface area contributed by atoms with Crippen LogP contribution in [0.4, 0.5) is 0 Å². The third-order valence-electron chi connectivity index (χ3n) is 4.31. The lowest BCUT2D eigenvalue weighted by Crippen LogP contribution is -2.28. The molecule has 1 aromatic carbocycles. The van der Waals surface area contributed by atoms with Crippen molar-refractivity contribution in [2.24, 2.45) is 17.1 Å². The van der Waals surface area contributed by atoms with Gasteiger partial charge in [-0.15, -0.1) is 0 Å². The molecule has 1 saturated heterocycles. The molecular weight excluding hydrogens is 196 g/mol. The Bertz CT molecular complexity index is 380. The topological polar surface area (TPSA) is 29.3 Å². The molecule has 1 aliphatic heterocycles. The summed E-state index contributed by atoms with van der Waals surface area (Å²) in [4.78, 5) is 2.56. The maximum absolute atomic E-state index is 5.86. The number of aryl methyl sites for hydroxylation is 1. The lowest BCUT2D eigenvalue weighted by atomic mass is 10.1. The Hall–Kier alpha value is -0.860. The van der Waals surface area contributed by atoms with Gasteiger partial charge in [-0.25, -0.2) is 0 Å². The fraction of sp³-hybridized carbons (Fsp3) is 0.571. The van der Waals surface area contributed by atoms with E-state index in [0.29, 0.717) is 5.41 Å². The number of hydrogen-bond acceptors (Lipinski definition) is 2. The van der Waals surface area contributed by atoms with Crippen LogP contribution in [0.3, 0.4) is 0 Å². The second-order valence-electron chi connectivity index (χ2n) is 5.62. The molecule has 2 N–H and O–H groups in total. The van der Waals surface area contributed by atoms with E-state index in [-0.39, 0.29) is 0 Å². The smallest absolute Gasteiger partial charge is 0.0234 e. The summed E-state index contributed by atoms with van der Waals surface area (Å²) >= 11 is 0. The summed E-state index contributed by atoms with van der Waals surface area (Å²) in [6, 6.07) is 8.89. The second-order valence-corrected chi connectivity index (χ2v) is 5.62. The molecule has 1 saturated carbocycles. The highest BCUT2D eigenvalue weighted by Gasteiger charge is 2.58. The molecule has 2 nitrogen and oxygen atoms in total. The highest BCUT2D eigenvalue weighted by atomic mass is 15.2. The van der Waals surface area contributed by atoms with Crippen LogP contribution in [0.5, 0.6) is 0 Å². The van der Waals surface area contributed by atoms with E-state index in [0.717, 1.165) is 19.0 Å². The highest BCUT2D eigenvalue weighted by Crippen LogP contribution is 2.57. The third-order valence-corrected chi connectivity index (χ3v) is 4.31. The molecule has 86 valence electrons. The number of likely N-dealkylation sites (tertiary alicyclic amines) is 1. The molecule has 0 bridgehead atoms. The first-order chi connectivity index (χ1) is 7.72. The predicted molar refractivity (Wildman–Crippen MR) is 66.1 cm³/mol. The van der Waals surface area contributed by atoms with Crippen LogP contribution in [-0.4, -0.2) is 24.5 Å². The predicted octanol–water partition coefficient (Wildman–Crippen LogP) is 1.78. The van der Waals surface area contributed by atoms with Crippen LogP contribution in [0.15, 0.2) is 24.3 Å². The van der Waals surface area contributed by atoms with E-state index in [9.17, 15) is 0 Å². The molecule has 2 heteroatoms. The van der Waals surface area contributed by atoms with Gasteiger partial charge in [-0.3, -0.25) is 4.90 Å². The van der Waals surface area contributed by atoms with E-state index in [4.69, 9.17) is 5.73 Å². The molecule has 3 rings (SSSR count). The summed E-state index contributed by atoms with van der Waals surface area (Å²) in [5.74, 6) is 0.892. The lowest BCUT2D eigenvalue weighted by Gasteiger charge is -2.20. The van der Waals surface area contributed by atoms with Gasteiger partial charge in [-0.2, -0.15) is 0 Å². The van der Waals surface area contributed by atoms with Crippen molar-refractivity contribution < 1.29 is 0 Å². The molecule has 0 aromatic heterocycles. The van der Waals surface area contributed by atoms with E-state index in [1.165, 1.54) is 30.6 Å². The number of hydrogen-bond donors (Lipinski definition) is 1. The number of piperidine rings is 1. The van der Waals surface area contributed by atoms with Crippen LogP contribution >= 0.6 is 0 Å². The number of benzene rings is 1. The van der Waals surface area contributed by atoms with Crippen LogP contribution < -0.4 is 5.73 Å². The first-order valence-corrected chi connectivity index (χ1v) is 6.20. The molecule has 0 spiro atoms. The Balaban J connectivity index is 1.63. The molecule has 2 unspecified atom stereocenters. The molecule has 0 radical (unpaired) electrons. The Morgan fingerprint density at radius 1 is 1.38 bits per heavy atom. The fourth-order valence-electron chi connectivity index (χ4n) is 3.09. The van der Waals surface area contributed by atoms with Crippen molar-refractivity contribution in [2.75, 3.05) is 19.6 Å². The Morgan fingerprint density at radius 2 is 2.12 bits per heavy atom. The van der Waals surface area contributed by atoms with E-state index in [1.807, 2.05) is 0 Å². The minimum Gasteiger partial charge on any atom is -0.330 e. The SMILES string of the molecule is Cc1ccc(CN2CC3CC3(CN)C2)cc1. The van der Waals surface area contributed by atoms with Gasteiger partial charge in [0.2, 0.25) is 0 Å². The van der Waals surface area contributed by atoms with Crippen LogP contribution in [0.1, 0.15) is 17.5 Å². The zero-order valence-electron chi connectivity index (χ0n) is 9.95. The largest absolute Gasteiger partial charge is 0.330 e. The van der Waals surface area contributed by atoms with E-state index < -0.39 is 0 Å². The van der Waals surface area contributed by atoms with Crippen molar-refractivity contribution in [2.45, 2.75) is 19.9 Å². The molecule has 1 heterocycles. The van der Waals surface area contributed by atoms with E-state index in [1.54, 1.807) is 0 Å². The molecule has 16 heavy (non-hydrogen) atoms. The summed E-state index contributed by atoms with van der Waals surface area (Å²) in [7, 11) is 0. The Kier molecular flexibility index (Phi) is 2.30. The van der Waals surface area contributed by atoms with Gasteiger partial charge in [0, 0.05) is 19.6 Å². The van der Waals surface area contributed by atoms with Gasteiger partial charge in [-0.1, -0.05) is 29.8 Å². The Labute approximate surface area is 97.4 Å². The minimum atomic E-state index is 0.505. The Morgan fingerprint density at radius 3 is 2.75 bits per heavy atom. The number of nitrogens with two attached hydrogens (primary N) is 1. The molecule has 2 fully saturated rings. The molecule has 1 aliphatic carbocycles. The van der Waals surface area contributed by atoms with E-state index >= 15 is 0 Å². The van der Waals surface area contributed by atoms with Crippen molar-refractivity contribution in [3.05, 3.63) is 35.4 Å². The average Bonchev–Trinajstić information content (AvgIpc) is 2.86. The van der Waals surface area contributed by atoms with Gasteiger partial charge in [0.05, 0.1) is 0 Å². The normalized spacial score (nSPS) is 32.8. The summed E-state index contributed by atoms with van der Waals surface area (Å²) in [5.41, 5.74) is 9.13. The monoisotopic (exact) mass is 216 g/mol. The van der Waals surface area contributed by atoms with Gasteiger partial charge in [0.25, 0.3) is 0 Å². The zero-order valence-corrected chi connectivity index (χ0v) is 9.95. The lowest BCUT2D eigenvalue weighted by molar-refractivity contribution is 0.274. The van der Waals surface area contributed by atoms with Gasteiger partial charge in [0.15, 0.2) is 0 Å². The van der Waals surface area contributed by atoms with Crippen molar-refractivity contribution in [3.63, 3.8) is 0 Å². The number of fused-ring (bicyclic) bond motifs is 1. The fourth-order valence-corrected chi connectivity index (χ4v) is 3.09. The molecular formula is C14H20N2. The maximum atomic E-state index is 5.86. The standard InChI is InChI=1S/C14H20N2/c1-11-2-4-12(5-3-11)7-16-8-13-6-14(13,9-15)10-16/h2-5,13H,6-10,15H2,1H3. The zero-order chi connectivity index (χ0) is 11.2. The first-order valence-electron chi connectivity index (χ1n) is 6.20. The van der Waals surface area contributed by atoms with Crippen LogP contribution in [-0.2, 0) is 6.54 Å². The minimum absolute atomic E-state index is 0.505. The molecule has 1 aromatic rings. The van der Waals surface area contributed by atoms with Crippen molar-refractivity contribution >= 4 is 0 Å². The van der Waals surface area contributed by atoms with Gasteiger partial charge in [0.1, 0.15) is 0 Å². The molecule has 2 atom stereocenters. The molecule has 0 amide bonds. The average molecular weight is 216 g/mol. The summed E-state index contributed by atoms with van der Waals surface area (Å²) in [6.07, 6.45) is 1.37. The van der Waals surface area contributed by atoms with Crippen molar-refractivity contribution in [3.8, 4) is 0 Å². The molecule has 2 aliphatic rings. The highest BCUT2D eigenvalue weighted by molar-refractivity contribution is 5.22. The summed E-state index contributed by atoms with van der Waals surface area (Å²) in [5, 5.41) is 0. The van der Waals surface area contributed by atoms with Gasteiger partial charge >= 0.3 is 0 Å². The number of nitrogens with zero attached hydrogens (tertiary/aromatic N) is 1. The third kappa shape index (κ3) is 1.66. The second kappa shape index (κ2) is 3.57. The van der Waals surface area contributed by atoms with Gasteiger partial charge in [-0.05, 0) is 36.8 Å².